The van der Waals surface area contributed by atoms with E-state index in [0.717, 1.165) is 29.7 Å². The molecule has 20 heavy (non-hydrogen) atoms. The lowest BCUT2D eigenvalue weighted by atomic mass is 9.96. The van der Waals surface area contributed by atoms with Crippen LogP contribution in [0, 0.1) is 12.7 Å². The van der Waals surface area contributed by atoms with E-state index in [1.165, 1.54) is 11.6 Å². The highest BCUT2D eigenvalue weighted by Gasteiger charge is 2.16. The predicted octanol–water partition coefficient (Wildman–Crippen LogP) is 5.28. The molecule has 2 aromatic rings. The van der Waals surface area contributed by atoms with Gasteiger partial charge in [0.05, 0.1) is 10.5 Å². The molecule has 0 unspecified atom stereocenters. The van der Waals surface area contributed by atoms with Gasteiger partial charge in [-0.05, 0) is 30.9 Å². The zero-order valence-corrected chi connectivity index (χ0v) is 13.1. The summed E-state index contributed by atoms with van der Waals surface area (Å²) in [6.45, 7) is 9.23. The zero-order valence-electron chi connectivity index (χ0n) is 12.3. The molecule has 0 fully saturated rings. The predicted molar refractivity (Wildman–Crippen MR) is 84.3 cm³/mol. The van der Waals surface area contributed by atoms with Gasteiger partial charge in [-0.2, -0.15) is 0 Å². The second-order valence-corrected chi connectivity index (χ2v) is 5.76. The van der Waals surface area contributed by atoms with Crippen LogP contribution in [0.25, 0.3) is 10.9 Å². The summed E-state index contributed by atoms with van der Waals surface area (Å²) in [4.78, 5) is 4.53. The van der Waals surface area contributed by atoms with Gasteiger partial charge < -0.3 is 5.32 Å². The molecule has 2 rings (SSSR count). The fourth-order valence-corrected chi connectivity index (χ4v) is 2.71. The highest BCUT2D eigenvalue weighted by atomic mass is 35.5. The first kappa shape index (κ1) is 15.0. The van der Waals surface area contributed by atoms with Crippen molar-refractivity contribution >= 4 is 28.2 Å². The molecule has 0 aliphatic carbocycles. The average molecular weight is 295 g/mol. The van der Waals surface area contributed by atoms with Crippen LogP contribution in [-0.2, 0) is 0 Å². The third-order valence-corrected chi connectivity index (χ3v) is 3.67. The molecule has 0 spiro atoms. The number of nitrogens with zero attached hydrogens (tertiary/aromatic N) is 1. The maximum atomic E-state index is 13.6. The van der Waals surface area contributed by atoms with Crippen molar-refractivity contribution in [2.45, 2.75) is 40.0 Å². The average Bonchev–Trinajstić information content (AvgIpc) is 2.37. The number of anilines is 1. The van der Waals surface area contributed by atoms with Crippen LogP contribution in [0.15, 0.2) is 12.1 Å². The van der Waals surface area contributed by atoms with Gasteiger partial charge in [0, 0.05) is 29.4 Å². The number of aromatic nitrogens is 1. The van der Waals surface area contributed by atoms with E-state index in [2.05, 4.69) is 31.1 Å². The first-order valence-electron chi connectivity index (χ1n) is 6.98. The molecule has 0 atom stereocenters. The number of nitrogens with one attached hydrogen (secondary N) is 1. The number of hydrogen-bond acceptors (Lipinski definition) is 2. The quantitative estimate of drug-likeness (QED) is 0.829. The standard InChI is InChI=1S/C16H20ClFN2/c1-5-6-19-16-11-7-12(17)13(18)8-14(11)20-10(4)15(16)9(2)3/h7-9H,5-6H2,1-4H3,(H,19,20). The molecule has 1 aromatic heterocycles. The largest absolute Gasteiger partial charge is 0.384 e. The normalized spacial score (nSPS) is 11.3. The minimum absolute atomic E-state index is 0.136. The van der Waals surface area contributed by atoms with Crippen LogP contribution in [0.4, 0.5) is 10.1 Å². The molecule has 0 bridgehead atoms. The Morgan fingerprint density at radius 1 is 1.35 bits per heavy atom. The number of hydrogen-bond donors (Lipinski definition) is 1. The van der Waals surface area contributed by atoms with E-state index < -0.39 is 5.82 Å². The van der Waals surface area contributed by atoms with E-state index in [0.29, 0.717) is 11.4 Å². The number of pyridine rings is 1. The summed E-state index contributed by atoms with van der Waals surface area (Å²) >= 11 is 5.93. The molecule has 0 aliphatic heterocycles. The second-order valence-electron chi connectivity index (χ2n) is 5.35. The Hall–Kier alpha value is -1.35. The maximum absolute atomic E-state index is 13.6. The topological polar surface area (TPSA) is 24.9 Å². The smallest absolute Gasteiger partial charge is 0.143 e. The number of fused-ring (bicyclic) bond motifs is 1. The lowest BCUT2D eigenvalue weighted by Gasteiger charge is -2.19. The Balaban J connectivity index is 2.77. The molecule has 1 N–H and O–H groups in total. The summed E-state index contributed by atoms with van der Waals surface area (Å²) in [5, 5.41) is 4.48. The van der Waals surface area contributed by atoms with Crippen LogP contribution in [0.2, 0.25) is 5.02 Å². The van der Waals surface area contributed by atoms with Crippen molar-refractivity contribution in [3.63, 3.8) is 0 Å². The van der Waals surface area contributed by atoms with Gasteiger partial charge in [0.2, 0.25) is 0 Å². The first-order chi connectivity index (χ1) is 9.45. The van der Waals surface area contributed by atoms with Crippen molar-refractivity contribution in [1.82, 2.24) is 4.98 Å². The van der Waals surface area contributed by atoms with Gasteiger partial charge in [0.1, 0.15) is 5.82 Å². The Kier molecular flexibility index (Phi) is 4.48. The minimum atomic E-state index is -0.426. The first-order valence-corrected chi connectivity index (χ1v) is 7.36. The Bertz CT molecular complexity index is 638. The number of aryl methyl sites for hydroxylation is 1. The molecular formula is C16H20ClFN2. The molecule has 1 aromatic carbocycles. The maximum Gasteiger partial charge on any atom is 0.143 e. The summed E-state index contributed by atoms with van der Waals surface area (Å²) in [5.41, 5.74) is 3.79. The van der Waals surface area contributed by atoms with Crippen molar-refractivity contribution < 1.29 is 4.39 Å². The van der Waals surface area contributed by atoms with Gasteiger partial charge in [0.15, 0.2) is 0 Å². The van der Waals surface area contributed by atoms with E-state index in [9.17, 15) is 4.39 Å². The Morgan fingerprint density at radius 3 is 2.65 bits per heavy atom. The van der Waals surface area contributed by atoms with Crippen molar-refractivity contribution in [1.29, 1.82) is 0 Å². The van der Waals surface area contributed by atoms with Gasteiger partial charge in [-0.3, -0.25) is 4.98 Å². The monoisotopic (exact) mass is 294 g/mol. The van der Waals surface area contributed by atoms with Crippen LogP contribution in [0.5, 0.6) is 0 Å². The minimum Gasteiger partial charge on any atom is -0.384 e. The second kappa shape index (κ2) is 5.96. The fraction of sp³-hybridized carbons (Fsp3) is 0.438. The summed E-state index contributed by atoms with van der Waals surface area (Å²) in [5.74, 6) is -0.0834. The summed E-state index contributed by atoms with van der Waals surface area (Å²) in [6, 6.07) is 3.08. The summed E-state index contributed by atoms with van der Waals surface area (Å²) in [7, 11) is 0. The molecular weight excluding hydrogens is 275 g/mol. The third kappa shape index (κ3) is 2.73. The highest BCUT2D eigenvalue weighted by molar-refractivity contribution is 6.31. The van der Waals surface area contributed by atoms with Crippen molar-refractivity contribution in [2.24, 2.45) is 0 Å². The molecule has 108 valence electrons. The lowest BCUT2D eigenvalue weighted by molar-refractivity contribution is 0.629. The Labute approximate surface area is 124 Å². The highest BCUT2D eigenvalue weighted by Crippen LogP contribution is 2.35. The van der Waals surface area contributed by atoms with E-state index in [1.54, 1.807) is 6.07 Å². The van der Waals surface area contributed by atoms with Gasteiger partial charge in [-0.15, -0.1) is 0 Å². The van der Waals surface area contributed by atoms with Gasteiger partial charge in [0.25, 0.3) is 0 Å². The molecule has 0 saturated heterocycles. The Morgan fingerprint density at radius 2 is 2.05 bits per heavy atom. The third-order valence-electron chi connectivity index (χ3n) is 3.38. The van der Waals surface area contributed by atoms with Gasteiger partial charge in [-0.25, -0.2) is 4.39 Å². The van der Waals surface area contributed by atoms with E-state index in [-0.39, 0.29) is 5.02 Å². The summed E-state index contributed by atoms with van der Waals surface area (Å²) < 4.78 is 13.6. The fourth-order valence-electron chi connectivity index (χ4n) is 2.54. The molecule has 0 amide bonds. The van der Waals surface area contributed by atoms with Crippen LogP contribution in [0.1, 0.15) is 44.4 Å². The molecule has 0 saturated carbocycles. The zero-order chi connectivity index (χ0) is 14.9. The van der Waals surface area contributed by atoms with Gasteiger partial charge >= 0.3 is 0 Å². The van der Waals surface area contributed by atoms with E-state index in [4.69, 9.17) is 11.6 Å². The summed E-state index contributed by atoms with van der Waals surface area (Å²) in [6.07, 6.45) is 1.02. The number of halogens is 2. The van der Waals surface area contributed by atoms with E-state index in [1.807, 2.05) is 6.92 Å². The van der Waals surface area contributed by atoms with Crippen molar-refractivity contribution in [3.05, 3.63) is 34.2 Å². The molecule has 0 radical (unpaired) electrons. The van der Waals surface area contributed by atoms with E-state index >= 15 is 0 Å². The van der Waals surface area contributed by atoms with Crippen molar-refractivity contribution in [2.75, 3.05) is 11.9 Å². The lowest BCUT2D eigenvalue weighted by Crippen LogP contribution is -2.08. The van der Waals surface area contributed by atoms with Crippen LogP contribution >= 0.6 is 11.6 Å². The molecule has 0 aliphatic rings. The van der Waals surface area contributed by atoms with Crippen LogP contribution in [0.3, 0.4) is 0 Å². The molecule has 4 heteroatoms. The molecule has 2 nitrogen and oxygen atoms in total. The SMILES string of the molecule is CCCNc1c(C(C)C)c(C)nc2cc(F)c(Cl)cc12. The number of benzene rings is 1. The van der Waals surface area contributed by atoms with Crippen LogP contribution in [-0.4, -0.2) is 11.5 Å². The van der Waals surface area contributed by atoms with Crippen LogP contribution < -0.4 is 5.32 Å². The van der Waals surface area contributed by atoms with Crippen molar-refractivity contribution in [3.8, 4) is 0 Å². The number of rotatable bonds is 4. The molecule has 1 heterocycles. The van der Waals surface area contributed by atoms with Gasteiger partial charge in [-0.1, -0.05) is 32.4 Å².